The number of nitrogens with two attached hydrogens (primary N) is 1. The summed E-state index contributed by atoms with van der Waals surface area (Å²) in [7, 11) is 11.5. The Labute approximate surface area is 162 Å². The van der Waals surface area contributed by atoms with Gasteiger partial charge in [-0.15, -0.1) is 0 Å². The third kappa shape index (κ3) is 3.73. The lowest BCUT2D eigenvalue weighted by Gasteiger charge is -2.14. The molecule has 4 radical (unpaired) electrons. The first-order valence-electron chi connectivity index (χ1n) is 7.75. The smallest absolute Gasteiger partial charge is 0.274 e. The molecule has 0 atom stereocenters. The molecule has 27 heavy (non-hydrogen) atoms. The third-order valence-corrected chi connectivity index (χ3v) is 4.06. The topological polar surface area (TPSA) is 103 Å². The summed E-state index contributed by atoms with van der Waals surface area (Å²) in [6, 6.07) is 7.64. The molecule has 0 saturated carbocycles. The molecule has 0 aliphatic carbocycles. The molecule has 0 aliphatic heterocycles. The maximum Gasteiger partial charge on any atom is 0.274 e. The highest BCUT2D eigenvalue weighted by molar-refractivity contribution is 6.33. The summed E-state index contributed by atoms with van der Waals surface area (Å²) in [5, 5.41) is 7.03. The van der Waals surface area contributed by atoms with Crippen molar-refractivity contribution in [3.63, 3.8) is 0 Å². The Morgan fingerprint density at radius 1 is 1.26 bits per heavy atom. The van der Waals surface area contributed by atoms with Gasteiger partial charge in [-0.1, -0.05) is 29.2 Å². The quantitative estimate of drug-likeness (QED) is 0.635. The van der Waals surface area contributed by atoms with E-state index in [0.29, 0.717) is 11.0 Å². The van der Waals surface area contributed by atoms with Crippen molar-refractivity contribution in [2.75, 3.05) is 5.32 Å². The number of aromatic nitrogens is 3. The summed E-state index contributed by atoms with van der Waals surface area (Å²) < 4.78 is 1.23. The second-order valence-corrected chi connectivity index (χ2v) is 6.16. The average molecular weight is 375 g/mol. The number of carbonyl (C=O) groups is 2. The Bertz CT molecular complexity index is 1070. The molecule has 0 bridgehead atoms. The Morgan fingerprint density at radius 2 is 2.00 bits per heavy atom. The molecule has 3 aromatic rings. The standard InChI is InChI=1S/C17H12B2ClN5O2/c1-8-5-9(18)6-10(15(21)26)14(8)23-17(27)12-7-13(19)24-25(12)16-11(20)3-2-4-22-16/h2-7H,1H3,(H2,21,26)(H,23,27). The molecule has 7 nitrogen and oxygen atoms in total. The lowest BCUT2D eigenvalue weighted by atomic mass is 9.90. The zero-order valence-electron chi connectivity index (χ0n) is 14.2. The maximum atomic E-state index is 12.9. The van der Waals surface area contributed by atoms with Crippen LogP contribution in [0.5, 0.6) is 0 Å². The number of nitrogens with zero attached hydrogens (tertiary/aromatic N) is 3. The minimum atomic E-state index is -0.721. The molecule has 10 heteroatoms. The molecule has 2 heterocycles. The highest BCUT2D eigenvalue weighted by atomic mass is 35.5. The molecule has 1 aromatic carbocycles. The highest BCUT2D eigenvalue weighted by Crippen LogP contribution is 2.22. The summed E-state index contributed by atoms with van der Waals surface area (Å²) in [6.07, 6.45) is 1.51. The molecule has 0 saturated heterocycles. The fraction of sp³-hybridized carbons (Fsp3) is 0.0588. The normalized spacial score (nSPS) is 10.6. The molecule has 0 fully saturated rings. The summed E-state index contributed by atoms with van der Waals surface area (Å²) >= 11 is 6.14. The van der Waals surface area contributed by atoms with Gasteiger partial charge in [-0.25, -0.2) is 9.67 Å². The van der Waals surface area contributed by atoms with Gasteiger partial charge in [-0.2, -0.15) is 5.10 Å². The molecular formula is C17H12B2ClN5O2. The van der Waals surface area contributed by atoms with E-state index in [2.05, 4.69) is 15.4 Å². The van der Waals surface area contributed by atoms with Crippen LogP contribution in [0.3, 0.4) is 0 Å². The SMILES string of the molecule is [B]c1cc(C)c(NC(=O)c2cc([B])nn2-c2ncccc2Cl)c(C(N)=O)c1. The summed E-state index contributed by atoms with van der Waals surface area (Å²) in [5.74, 6) is -1.05. The van der Waals surface area contributed by atoms with Crippen LogP contribution in [0.4, 0.5) is 5.69 Å². The first-order valence-corrected chi connectivity index (χ1v) is 8.13. The number of anilines is 1. The van der Waals surface area contributed by atoms with Crippen LogP contribution in [0.1, 0.15) is 26.4 Å². The van der Waals surface area contributed by atoms with Crippen LogP contribution in [0.2, 0.25) is 5.02 Å². The molecular weight excluding hydrogens is 363 g/mol. The molecule has 130 valence electrons. The summed E-state index contributed by atoms with van der Waals surface area (Å²) in [5.41, 5.74) is 6.86. The van der Waals surface area contributed by atoms with Crippen LogP contribution in [0, 0.1) is 6.92 Å². The minimum Gasteiger partial charge on any atom is -0.366 e. The van der Waals surface area contributed by atoms with Crippen molar-refractivity contribution in [1.82, 2.24) is 14.8 Å². The van der Waals surface area contributed by atoms with Crippen LogP contribution in [0.15, 0.2) is 36.5 Å². The number of aryl methyl sites for hydroxylation is 1. The largest absolute Gasteiger partial charge is 0.366 e. The number of rotatable bonds is 4. The minimum absolute atomic E-state index is 0.0831. The van der Waals surface area contributed by atoms with E-state index in [0.717, 1.165) is 0 Å². The van der Waals surface area contributed by atoms with Crippen molar-refractivity contribution in [3.05, 3.63) is 58.4 Å². The van der Waals surface area contributed by atoms with Crippen LogP contribution in [-0.4, -0.2) is 42.3 Å². The first kappa shape index (κ1) is 18.7. The van der Waals surface area contributed by atoms with Gasteiger partial charge in [0.25, 0.3) is 11.8 Å². The van der Waals surface area contributed by atoms with Crippen LogP contribution in [0.25, 0.3) is 5.82 Å². The van der Waals surface area contributed by atoms with Crippen LogP contribution in [-0.2, 0) is 0 Å². The van der Waals surface area contributed by atoms with Crippen LogP contribution >= 0.6 is 11.6 Å². The third-order valence-electron chi connectivity index (χ3n) is 3.76. The number of hydrogen-bond acceptors (Lipinski definition) is 4. The number of pyridine rings is 1. The number of primary amides is 1. The van der Waals surface area contributed by atoms with Crippen molar-refractivity contribution >= 4 is 55.9 Å². The number of nitrogens with one attached hydrogen (secondary N) is 1. The molecule has 2 amide bonds. The van der Waals surface area contributed by atoms with E-state index in [1.807, 2.05) is 0 Å². The van der Waals surface area contributed by atoms with Gasteiger partial charge in [-0.3, -0.25) is 9.59 Å². The Hall–Kier alpha value is -3.06. The number of amides is 2. The number of hydrogen-bond donors (Lipinski definition) is 2. The highest BCUT2D eigenvalue weighted by Gasteiger charge is 2.20. The number of carbonyl (C=O) groups excluding carboxylic acids is 2. The van der Waals surface area contributed by atoms with Crippen molar-refractivity contribution in [2.24, 2.45) is 5.73 Å². The number of benzene rings is 1. The van der Waals surface area contributed by atoms with Gasteiger partial charge >= 0.3 is 0 Å². The molecule has 0 unspecified atom stereocenters. The lowest BCUT2D eigenvalue weighted by Crippen LogP contribution is -2.23. The Kier molecular flexibility index (Phi) is 5.05. The van der Waals surface area contributed by atoms with Gasteiger partial charge < -0.3 is 11.1 Å². The number of halogens is 1. The first-order chi connectivity index (χ1) is 12.8. The predicted molar refractivity (Wildman–Crippen MR) is 105 cm³/mol. The predicted octanol–water partition coefficient (Wildman–Crippen LogP) is 0.168. The van der Waals surface area contributed by atoms with Gasteiger partial charge in [0, 0.05) is 11.8 Å². The second-order valence-electron chi connectivity index (χ2n) is 5.75. The zero-order valence-corrected chi connectivity index (χ0v) is 15.0. The van der Waals surface area contributed by atoms with E-state index >= 15 is 0 Å². The van der Waals surface area contributed by atoms with Gasteiger partial charge in [0.2, 0.25) is 0 Å². The molecule has 0 spiro atoms. The van der Waals surface area contributed by atoms with Crippen molar-refractivity contribution < 1.29 is 9.59 Å². The lowest BCUT2D eigenvalue weighted by molar-refractivity contribution is 0.100. The van der Waals surface area contributed by atoms with E-state index in [9.17, 15) is 9.59 Å². The van der Waals surface area contributed by atoms with Gasteiger partial charge in [-0.05, 0) is 30.7 Å². The van der Waals surface area contributed by atoms with E-state index in [1.165, 1.54) is 23.0 Å². The van der Waals surface area contributed by atoms with E-state index in [4.69, 9.17) is 33.0 Å². The van der Waals surface area contributed by atoms with Gasteiger partial charge in [0.05, 0.1) is 16.3 Å². The maximum absolute atomic E-state index is 12.9. The van der Waals surface area contributed by atoms with Crippen molar-refractivity contribution in [1.29, 1.82) is 0 Å². The molecule has 2 aromatic heterocycles. The monoisotopic (exact) mass is 375 g/mol. The fourth-order valence-corrected chi connectivity index (χ4v) is 2.81. The van der Waals surface area contributed by atoms with E-state index < -0.39 is 11.8 Å². The average Bonchev–Trinajstić information content (AvgIpc) is 2.99. The van der Waals surface area contributed by atoms with E-state index in [-0.39, 0.29) is 33.4 Å². The van der Waals surface area contributed by atoms with Crippen LogP contribution < -0.4 is 22.1 Å². The van der Waals surface area contributed by atoms with Crippen molar-refractivity contribution in [2.45, 2.75) is 6.92 Å². The fourth-order valence-electron chi connectivity index (χ4n) is 2.61. The Balaban J connectivity index is 2.05. The molecule has 3 N–H and O–H groups in total. The van der Waals surface area contributed by atoms with Gasteiger partial charge in [0.1, 0.15) is 21.4 Å². The van der Waals surface area contributed by atoms with Gasteiger partial charge in [0.15, 0.2) is 5.82 Å². The van der Waals surface area contributed by atoms with Crippen molar-refractivity contribution in [3.8, 4) is 5.82 Å². The zero-order chi connectivity index (χ0) is 19.7. The molecule has 3 rings (SSSR count). The van der Waals surface area contributed by atoms with E-state index in [1.54, 1.807) is 25.1 Å². The summed E-state index contributed by atoms with van der Waals surface area (Å²) in [4.78, 5) is 28.7. The molecule has 0 aliphatic rings. The Morgan fingerprint density at radius 3 is 2.67 bits per heavy atom. The summed E-state index contributed by atoms with van der Waals surface area (Å²) in [6.45, 7) is 1.69. The second kappa shape index (κ2) is 7.28.